The molecule has 1 atom stereocenters. The summed E-state index contributed by atoms with van der Waals surface area (Å²) >= 11 is 12.1. The third kappa shape index (κ3) is 2.65. The zero-order valence-corrected chi connectivity index (χ0v) is 12.8. The van der Waals surface area contributed by atoms with Crippen LogP contribution in [0.25, 0.3) is 10.9 Å². The second-order valence-corrected chi connectivity index (χ2v) is 6.00. The van der Waals surface area contributed by atoms with Crippen molar-refractivity contribution in [3.63, 3.8) is 0 Å². The van der Waals surface area contributed by atoms with Crippen LogP contribution >= 0.6 is 32.4 Å². The van der Waals surface area contributed by atoms with Crippen molar-refractivity contribution in [2.75, 3.05) is 0 Å². The van der Waals surface area contributed by atoms with Crippen LogP contribution < -0.4 is 5.30 Å². The minimum Gasteiger partial charge on any atom is -0.342 e. The molecule has 0 aliphatic heterocycles. The van der Waals surface area contributed by atoms with Crippen molar-refractivity contribution in [2.24, 2.45) is 0 Å². The maximum absolute atomic E-state index is 6.04. The third-order valence-corrected chi connectivity index (χ3v) is 4.05. The van der Waals surface area contributed by atoms with Crippen molar-refractivity contribution in [3.8, 4) is 0 Å². The van der Waals surface area contributed by atoms with Crippen LogP contribution in [-0.2, 0) is 6.54 Å². The molecule has 1 nitrogen and oxygen atoms in total. The van der Waals surface area contributed by atoms with Crippen molar-refractivity contribution in [1.82, 2.24) is 4.57 Å². The van der Waals surface area contributed by atoms with Crippen LogP contribution in [0.3, 0.4) is 0 Å². The Kier molecular flexibility index (Phi) is 3.54. The van der Waals surface area contributed by atoms with E-state index in [-0.39, 0.29) is 0 Å². The molecule has 0 saturated heterocycles. The molecule has 0 saturated carbocycles. The van der Waals surface area contributed by atoms with Gasteiger partial charge in [-0.1, -0.05) is 35.3 Å². The highest BCUT2D eigenvalue weighted by atomic mass is 35.5. The molecular weight excluding hydrogens is 296 g/mol. The van der Waals surface area contributed by atoms with Crippen LogP contribution in [0.4, 0.5) is 0 Å². The second kappa shape index (κ2) is 5.17. The summed E-state index contributed by atoms with van der Waals surface area (Å²) in [6, 6.07) is 13.9. The lowest BCUT2D eigenvalue weighted by atomic mass is 10.2. The van der Waals surface area contributed by atoms with Crippen LogP contribution in [0.1, 0.15) is 5.56 Å². The molecule has 0 fully saturated rings. The van der Waals surface area contributed by atoms with Gasteiger partial charge in [-0.3, -0.25) is 0 Å². The van der Waals surface area contributed by atoms with Gasteiger partial charge in [0, 0.05) is 33.7 Å². The smallest absolute Gasteiger partial charge is 0.0490 e. The fraction of sp³-hybridized carbons (Fsp3) is 0.0667. The van der Waals surface area contributed by atoms with Gasteiger partial charge in [-0.2, -0.15) is 0 Å². The van der Waals surface area contributed by atoms with E-state index in [2.05, 4.69) is 32.1 Å². The number of aromatic nitrogens is 1. The summed E-state index contributed by atoms with van der Waals surface area (Å²) in [5.41, 5.74) is 2.36. The molecule has 4 heteroatoms. The zero-order valence-electron chi connectivity index (χ0n) is 10.1. The van der Waals surface area contributed by atoms with E-state index in [0.717, 1.165) is 21.9 Å². The maximum Gasteiger partial charge on any atom is 0.0490 e. The van der Waals surface area contributed by atoms with Gasteiger partial charge in [0.05, 0.1) is 0 Å². The Hall–Kier alpha value is -1.01. The van der Waals surface area contributed by atoms with E-state index in [1.807, 2.05) is 30.3 Å². The first-order valence-corrected chi connectivity index (χ1v) is 7.25. The summed E-state index contributed by atoms with van der Waals surface area (Å²) in [5, 5.41) is 3.85. The van der Waals surface area contributed by atoms with Crippen LogP contribution in [0.15, 0.2) is 48.7 Å². The molecule has 1 aromatic heterocycles. The summed E-state index contributed by atoms with van der Waals surface area (Å²) in [6.07, 6.45) is 2.12. The molecular formula is C15H12Cl2NP. The van der Waals surface area contributed by atoms with E-state index in [9.17, 15) is 0 Å². The van der Waals surface area contributed by atoms with Crippen LogP contribution in [0, 0.1) is 0 Å². The largest absolute Gasteiger partial charge is 0.342 e. The molecule has 0 radical (unpaired) electrons. The first-order chi connectivity index (χ1) is 9.13. The summed E-state index contributed by atoms with van der Waals surface area (Å²) in [7, 11) is 2.76. The van der Waals surface area contributed by atoms with Crippen molar-refractivity contribution in [3.05, 3.63) is 64.3 Å². The quantitative estimate of drug-likeness (QED) is 0.614. The Morgan fingerprint density at radius 2 is 1.79 bits per heavy atom. The minimum atomic E-state index is 0.761. The first kappa shape index (κ1) is 13.0. The van der Waals surface area contributed by atoms with E-state index in [1.54, 1.807) is 0 Å². The van der Waals surface area contributed by atoms with Crippen LogP contribution in [0.2, 0.25) is 10.0 Å². The lowest BCUT2D eigenvalue weighted by Crippen LogP contribution is -1.98. The summed E-state index contributed by atoms with van der Waals surface area (Å²) < 4.78 is 2.21. The molecule has 0 amide bonds. The van der Waals surface area contributed by atoms with Gasteiger partial charge in [-0.25, -0.2) is 0 Å². The predicted octanol–water partition coefficient (Wildman–Crippen LogP) is 4.50. The molecule has 0 spiro atoms. The number of hydrogen-bond acceptors (Lipinski definition) is 0. The standard InChI is InChI=1S/C15H12Cl2NP/c16-11-3-1-2-10(6-11)8-18-9-15(19)13-7-12(17)4-5-14(13)18/h1-7,9H,8,19H2. The van der Waals surface area contributed by atoms with Gasteiger partial charge in [-0.05, 0) is 41.2 Å². The molecule has 2 aromatic carbocycles. The SMILES string of the molecule is Pc1cn(Cc2cccc(Cl)c2)c2ccc(Cl)cc12. The van der Waals surface area contributed by atoms with E-state index in [0.29, 0.717) is 0 Å². The monoisotopic (exact) mass is 307 g/mol. The lowest BCUT2D eigenvalue weighted by molar-refractivity contribution is 0.839. The van der Waals surface area contributed by atoms with Gasteiger partial charge in [0.1, 0.15) is 0 Å². The average Bonchev–Trinajstić information content (AvgIpc) is 2.66. The molecule has 3 aromatic rings. The van der Waals surface area contributed by atoms with Gasteiger partial charge < -0.3 is 4.57 Å². The highest BCUT2D eigenvalue weighted by molar-refractivity contribution is 7.28. The van der Waals surface area contributed by atoms with Gasteiger partial charge in [0.15, 0.2) is 0 Å². The number of hydrogen-bond donors (Lipinski definition) is 0. The Morgan fingerprint density at radius 1 is 1.00 bits per heavy atom. The Bertz CT molecular complexity index is 749. The van der Waals surface area contributed by atoms with E-state index < -0.39 is 0 Å². The molecule has 96 valence electrons. The van der Waals surface area contributed by atoms with Gasteiger partial charge in [0.2, 0.25) is 0 Å². The van der Waals surface area contributed by atoms with Crippen molar-refractivity contribution in [2.45, 2.75) is 6.54 Å². The lowest BCUT2D eigenvalue weighted by Gasteiger charge is -2.06. The molecule has 1 unspecified atom stereocenters. The number of halogens is 2. The Balaban J connectivity index is 2.06. The number of benzene rings is 2. The molecule has 19 heavy (non-hydrogen) atoms. The maximum atomic E-state index is 6.04. The number of rotatable bonds is 2. The van der Waals surface area contributed by atoms with Crippen LogP contribution in [-0.4, -0.2) is 4.57 Å². The highest BCUT2D eigenvalue weighted by Gasteiger charge is 2.06. The molecule has 0 bridgehead atoms. The molecule has 1 heterocycles. The number of fused-ring (bicyclic) bond motifs is 1. The highest BCUT2D eigenvalue weighted by Crippen LogP contribution is 2.22. The van der Waals surface area contributed by atoms with Crippen LogP contribution in [0.5, 0.6) is 0 Å². The summed E-state index contributed by atoms with van der Waals surface area (Å²) in [5.74, 6) is 0. The minimum absolute atomic E-state index is 0.761. The van der Waals surface area contributed by atoms with Crippen molar-refractivity contribution in [1.29, 1.82) is 0 Å². The fourth-order valence-electron chi connectivity index (χ4n) is 2.26. The van der Waals surface area contributed by atoms with Gasteiger partial charge >= 0.3 is 0 Å². The predicted molar refractivity (Wildman–Crippen MR) is 86.8 cm³/mol. The topological polar surface area (TPSA) is 4.93 Å². The average molecular weight is 308 g/mol. The van der Waals surface area contributed by atoms with Crippen molar-refractivity contribution >= 4 is 48.6 Å². The fourth-order valence-corrected chi connectivity index (χ4v) is 3.06. The molecule has 0 N–H and O–H groups in total. The summed E-state index contributed by atoms with van der Waals surface area (Å²) in [6.45, 7) is 0.799. The Labute approximate surface area is 124 Å². The first-order valence-electron chi connectivity index (χ1n) is 5.92. The normalized spacial score (nSPS) is 11.1. The van der Waals surface area contributed by atoms with E-state index >= 15 is 0 Å². The number of nitrogens with zero attached hydrogens (tertiary/aromatic N) is 1. The van der Waals surface area contributed by atoms with Gasteiger partial charge in [-0.15, -0.1) is 9.24 Å². The second-order valence-electron chi connectivity index (χ2n) is 4.50. The summed E-state index contributed by atoms with van der Waals surface area (Å²) in [4.78, 5) is 0. The molecule has 3 rings (SSSR count). The Morgan fingerprint density at radius 3 is 2.58 bits per heavy atom. The third-order valence-electron chi connectivity index (χ3n) is 3.12. The molecule has 0 aliphatic carbocycles. The van der Waals surface area contributed by atoms with Crippen molar-refractivity contribution < 1.29 is 0 Å². The van der Waals surface area contributed by atoms with Gasteiger partial charge in [0.25, 0.3) is 0 Å². The molecule has 0 aliphatic rings. The zero-order chi connectivity index (χ0) is 13.4. The van der Waals surface area contributed by atoms with E-state index in [4.69, 9.17) is 23.2 Å². The van der Waals surface area contributed by atoms with E-state index in [1.165, 1.54) is 16.5 Å².